The van der Waals surface area contributed by atoms with Crippen molar-refractivity contribution in [3.63, 3.8) is 0 Å². The summed E-state index contributed by atoms with van der Waals surface area (Å²) in [6, 6.07) is 0. The van der Waals surface area contributed by atoms with E-state index >= 15 is 0 Å². The van der Waals surface area contributed by atoms with Gasteiger partial charge in [-0.25, -0.2) is 0 Å². The van der Waals surface area contributed by atoms with E-state index in [1.807, 2.05) is 13.8 Å². The number of ether oxygens (including phenoxy) is 2. The van der Waals surface area contributed by atoms with E-state index in [0.29, 0.717) is 37.5 Å². The molecule has 1 N–H and O–H groups in total. The number of hydrogen-bond acceptors (Lipinski definition) is 6. The van der Waals surface area contributed by atoms with Crippen LogP contribution in [0.2, 0.25) is 0 Å². The quantitative estimate of drug-likeness (QED) is 0.174. The van der Waals surface area contributed by atoms with Gasteiger partial charge < -0.3 is 10.9 Å². The van der Waals surface area contributed by atoms with E-state index in [2.05, 4.69) is 27.7 Å². The van der Waals surface area contributed by atoms with E-state index < -0.39 is 39.8 Å². The summed E-state index contributed by atoms with van der Waals surface area (Å²) in [7, 11) is -4.81. The van der Waals surface area contributed by atoms with Gasteiger partial charge in [-0.15, -0.1) is 0 Å². The van der Waals surface area contributed by atoms with E-state index in [1.54, 1.807) is 0 Å². The molecule has 0 aliphatic heterocycles. The van der Waals surface area contributed by atoms with Gasteiger partial charge in [0.2, 0.25) is 0 Å². The Morgan fingerprint density at radius 3 is 1.45 bits per heavy atom. The third-order valence-corrected chi connectivity index (χ3v) is 7.65. The van der Waals surface area contributed by atoms with Crippen molar-refractivity contribution in [1.29, 1.82) is 0 Å². The van der Waals surface area contributed by atoms with Crippen molar-refractivity contribution < 1.29 is 63.0 Å². The largest absolute Gasteiger partial charge is 1.00 e. The SMILES string of the molecule is CCC(CC)CCC(CC)OC(=O)CC(C(=O)OC(CC)CCC(CC)CC)S(=O)(=O)O.[H-].[Na+]. The molecular weight excluding hydrogens is 455 g/mol. The average molecular weight is 503 g/mol. The van der Waals surface area contributed by atoms with Crippen molar-refractivity contribution in [2.75, 3.05) is 0 Å². The molecule has 0 saturated heterocycles. The summed E-state index contributed by atoms with van der Waals surface area (Å²) in [6.45, 7) is 12.2. The summed E-state index contributed by atoms with van der Waals surface area (Å²) in [4.78, 5) is 25.0. The topological polar surface area (TPSA) is 107 Å². The molecule has 3 unspecified atom stereocenters. The molecule has 0 spiro atoms. The molecule has 0 rings (SSSR count). The second-order valence-corrected chi connectivity index (χ2v) is 10.3. The molecule has 0 fully saturated rings. The number of rotatable bonds is 18. The number of esters is 2. The Kier molecular flexibility index (Phi) is 20.3. The Labute approximate surface area is 225 Å². The standard InChI is InChI=1S/C24H46O7S.Na.H/c1-7-18(8-2)13-15-20(11-5)30-23(25)17-22(32(27,28)29)24(26)31-21(12-6)16-14-19(9-3)10-4;;/h18-22H,7-17H2,1-6H3,(H,27,28,29);;/q;+1;-1. The summed E-state index contributed by atoms with van der Waals surface area (Å²) < 4.78 is 44.0. The number of carbonyl (C=O) groups is 2. The van der Waals surface area contributed by atoms with Gasteiger partial charge in [-0.1, -0.05) is 67.2 Å². The normalized spacial score (nSPS) is 14.5. The van der Waals surface area contributed by atoms with Crippen LogP contribution in [0.3, 0.4) is 0 Å². The first-order valence-corrected chi connectivity index (χ1v) is 13.9. The molecule has 3 atom stereocenters. The van der Waals surface area contributed by atoms with Gasteiger partial charge in [0.1, 0.15) is 12.2 Å². The number of carbonyl (C=O) groups excluding carboxylic acids is 2. The fourth-order valence-corrected chi connectivity index (χ4v) is 4.51. The minimum absolute atomic E-state index is 0. The zero-order valence-electron chi connectivity index (χ0n) is 23.0. The fraction of sp³-hybridized carbons (Fsp3) is 0.917. The number of hydrogen-bond donors (Lipinski definition) is 1. The molecule has 0 aromatic rings. The first-order chi connectivity index (χ1) is 15.1. The molecule has 7 nitrogen and oxygen atoms in total. The summed E-state index contributed by atoms with van der Waals surface area (Å²) in [5, 5.41) is -1.96. The van der Waals surface area contributed by atoms with E-state index in [9.17, 15) is 22.6 Å². The molecular formula is C24H47NaO7S. The maximum atomic E-state index is 12.6. The van der Waals surface area contributed by atoms with Crippen LogP contribution < -0.4 is 29.6 Å². The van der Waals surface area contributed by atoms with Gasteiger partial charge in [0.15, 0.2) is 5.25 Å². The molecule has 0 aromatic heterocycles. The average Bonchev–Trinajstić information content (AvgIpc) is 2.75. The molecule has 0 radical (unpaired) electrons. The van der Waals surface area contributed by atoms with Gasteiger partial charge in [0.25, 0.3) is 10.1 Å². The molecule has 0 amide bonds. The van der Waals surface area contributed by atoms with Crippen molar-refractivity contribution in [2.45, 2.75) is 130 Å². The Morgan fingerprint density at radius 2 is 1.12 bits per heavy atom. The van der Waals surface area contributed by atoms with Crippen molar-refractivity contribution in [3.05, 3.63) is 0 Å². The van der Waals surface area contributed by atoms with Crippen LogP contribution in [0.1, 0.15) is 114 Å². The van der Waals surface area contributed by atoms with Crippen LogP contribution in [0.25, 0.3) is 0 Å². The first-order valence-electron chi connectivity index (χ1n) is 12.4. The van der Waals surface area contributed by atoms with Gasteiger partial charge in [0, 0.05) is 0 Å². The van der Waals surface area contributed by atoms with Gasteiger partial charge in [-0.05, 0) is 50.4 Å². The smallest absolute Gasteiger partial charge is 1.00 e. The maximum absolute atomic E-state index is 12.6. The van der Waals surface area contributed by atoms with Crippen molar-refractivity contribution in [2.24, 2.45) is 11.8 Å². The molecule has 0 aliphatic rings. The van der Waals surface area contributed by atoms with Gasteiger partial charge in [-0.3, -0.25) is 14.1 Å². The van der Waals surface area contributed by atoms with E-state index in [1.165, 1.54) is 0 Å². The second-order valence-electron chi connectivity index (χ2n) is 8.71. The monoisotopic (exact) mass is 502 g/mol. The first kappa shape index (κ1) is 35.0. The molecule has 0 bridgehead atoms. The molecule has 0 aliphatic carbocycles. The Hall–Kier alpha value is -0.150. The molecule has 0 saturated carbocycles. The van der Waals surface area contributed by atoms with Crippen LogP contribution in [-0.4, -0.2) is 42.4 Å². The summed E-state index contributed by atoms with van der Waals surface area (Å²) >= 11 is 0. The molecule has 0 aromatic carbocycles. The van der Waals surface area contributed by atoms with E-state index in [4.69, 9.17) is 9.47 Å². The molecule has 9 heteroatoms. The molecule has 33 heavy (non-hydrogen) atoms. The maximum Gasteiger partial charge on any atom is 1.00 e. The predicted octanol–water partition coefficient (Wildman–Crippen LogP) is 2.83. The van der Waals surface area contributed by atoms with Crippen molar-refractivity contribution >= 4 is 22.1 Å². The van der Waals surface area contributed by atoms with Crippen LogP contribution in [-0.2, 0) is 29.2 Å². The zero-order chi connectivity index (χ0) is 24.7. The minimum atomic E-state index is -4.81. The van der Waals surface area contributed by atoms with E-state index in [-0.39, 0.29) is 37.1 Å². The van der Waals surface area contributed by atoms with Crippen LogP contribution >= 0.6 is 0 Å². The summed E-state index contributed by atoms with van der Waals surface area (Å²) in [5.74, 6) is -0.840. The molecule has 192 valence electrons. The zero-order valence-corrected chi connectivity index (χ0v) is 24.8. The van der Waals surface area contributed by atoms with Crippen LogP contribution in [0.4, 0.5) is 0 Å². The third-order valence-electron chi connectivity index (χ3n) is 6.57. The van der Waals surface area contributed by atoms with Gasteiger partial charge >= 0.3 is 41.5 Å². The molecule has 0 heterocycles. The fourth-order valence-electron chi connectivity index (χ4n) is 3.87. The minimum Gasteiger partial charge on any atom is -1.00 e. The van der Waals surface area contributed by atoms with Crippen LogP contribution in [0.5, 0.6) is 0 Å². The van der Waals surface area contributed by atoms with Crippen molar-refractivity contribution in [3.8, 4) is 0 Å². The van der Waals surface area contributed by atoms with Crippen LogP contribution in [0.15, 0.2) is 0 Å². The van der Waals surface area contributed by atoms with Crippen molar-refractivity contribution in [1.82, 2.24) is 0 Å². The third kappa shape index (κ3) is 14.8. The van der Waals surface area contributed by atoms with E-state index in [0.717, 1.165) is 38.5 Å². The summed E-state index contributed by atoms with van der Waals surface area (Å²) in [6.07, 6.45) is 6.81. The van der Waals surface area contributed by atoms with Gasteiger partial charge in [-0.2, -0.15) is 8.42 Å². The Balaban J connectivity index is -0.00000480. The predicted molar refractivity (Wildman–Crippen MR) is 128 cm³/mol. The Bertz CT molecular complexity index is 637. The second kappa shape index (κ2) is 19.1. The van der Waals surface area contributed by atoms with Crippen LogP contribution in [0, 0.1) is 11.8 Å². The Morgan fingerprint density at radius 1 is 0.727 bits per heavy atom. The summed E-state index contributed by atoms with van der Waals surface area (Å²) in [5.41, 5.74) is 0. The van der Waals surface area contributed by atoms with Gasteiger partial charge in [0.05, 0.1) is 6.42 Å².